The number of hydrogen-bond donors (Lipinski definition) is 3. The average Bonchev–Trinajstić information content (AvgIpc) is 3.42. The van der Waals surface area contributed by atoms with E-state index in [4.69, 9.17) is 0 Å². The van der Waals surface area contributed by atoms with E-state index in [1.165, 1.54) is 0 Å². The van der Waals surface area contributed by atoms with Gasteiger partial charge in [-0.1, -0.05) is 18.1 Å². The van der Waals surface area contributed by atoms with Crippen molar-refractivity contribution in [3.05, 3.63) is 30.7 Å². The summed E-state index contributed by atoms with van der Waals surface area (Å²) in [4.78, 5) is 16.4. The summed E-state index contributed by atoms with van der Waals surface area (Å²) in [5.74, 6) is -0.146. The fourth-order valence-corrected chi connectivity index (χ4v) is 4.21. The maximum absolute atomic E-state index is 12.3. The van der Waals surface area contributed by atoms with Crippen molar-refractivity contribution in [2.45, 2.75) is 56.9 Å². The minimum Gasteiger partial charge on any atom is -0.390 e. The van der Waals surface area contributed by atoms with Gasteiger partial charge < -0.3 is 15.5 Å². The van der Waals surface area contributed by atoms with Crippen LogP contribution in [0.4, 0.5) is 0 Å². The zero-order chi connectivity index (χ0) is 18.8. The highest BCUT2D eigenvalue weighted by atomic mass is 16.3. The molecule has 144 valence electrons. The van der Waals surface area contributed by atoms with E-state index in [-0.39, 0.29) is 17.7 Å². The number of carbonyl (C=O) groups excluding carboxylic acids is 1. The summed E-state index contributed by atoms with van der Waals surface area (Å²) in [5, 5.41) is 32.0. The molecule has 8 nitrogen and oxygen atoms in total. The summed E-state index contributed by atoms with van der Waals surface area (Å²) in [6, 6.07) is 3.33. The number of nitrogens with zero attached hydrogens (tertiary/aromatic N) is 4. The number of aromatic nitrogens is 4. The molecule has 0 bridgehead atoms. The monoisotopic (exact) mass is 371 g/mol. The summed E-state index contributed by atoms with van der Waals surface area (Å²) in [7, 11) is 0. The van der Waals surface area contributed by atoms with Crippen molar-refractivity contribution in [3.63, 3.8) is 0 Å². The summed E-state index contributed by atoms with van der Waals surface area (Å²) in [5.41, 5.74) is 1.58. The predicted octanol–water partition coefficient (Wildman–Crippen LogP) is 0.757. The van der Waals surface area contributed by atoms with Crippen molar-refractivity contribution < 1.29 is 15.0 Å². The SMILES string of the molecule is O=C(NC1CC(Cn2cc(-c3cccnc3)nn2)C(O)C1O)C1CCCC1. The first-order valence-corrected chi connectivity index (χ1v) is 9.59. The van der Waals surface area contributed by atoms with Gasteiger partial charge in [-0.25, -0.2) is 0 Å². The fraction of sp³-hybridized carbons (Fsp3) is 0.579. The Morgan fingerprint density at radius 3 is 2.81 bits per heavy atom. The van der Waals surface area contributed by atoms with E-state index in [1.54, 1.807) is 23.3 Å². The van der Waals surface area contributed by atoms with Crippen molar-refractivity contribution in [2.24, 2.45) is 11.8 Å². The summed E-state index contributed by atoms with van der Waals surface area (Å²) < 4.78 is 1.67. The Bertz CT molecular complexity index is 775. The molecular weight excluding hydrogens is 346 g/mol. The molecule has 2 aromatic heterocycles. The van der Waals surface area contributed by atoms with E-state index in [9.17, 15) is 15.0 Å². The van der Waals surface area contributed by atoms with E-state index >= 15 is 0 Å². The molecule has 2 aliphatic carbocycles. The lowest BCUT2D eigenvalue weighted by Gasteiger charge is -2.20. The fourth-order valence-electron chi connectivity index (χ4n) is 4.21. The number of nitrogens with one attached hydrogen (secondary N) is 1. The number of aliphatic hydroxyl groups excluding tert-OH is 2. The van der Waals surface area contributed by atoms with Crippen LogP contribution >= 0.6 is 0 Å². The number of amides is 1. The van der Waals surface area contributed by atoms with Gasteiger partial charge in [-0.3, -0.25) is 14.5 Å². The zero-order valence-electron chi connectivity index (χ0n) is 15.1. The lowest BCUT2D eigenvalue weighted by atomic mass is 10.1. The Kier molecular flexibility index (Phi) is 5.18. The normalized spacial score (nSPS) is 28.5. The topological polar surface area (TPSA) is 113 Å². The highest BCUT2D eigenvalue weighted by Gasteiger charge is 2.43. The van der Waals surface area contributed by atoms with Crippen LogP contribution in [-0.2, 0) is 11.3 Å². The molecule has 27 heavy (non-hydrogen) atoms. The van der Waals surface area contributed by atoms with Crippen molar-refractivity contribution in [2.75, 3.05) is 0 Å². The van der Waals surface area contributed by atoms with Crippen LogP contribution in [0.25, 0.3) is 11.3 Å². The molecule has 2 heterocycles. The zero-order valence-corrected chi connectivity index (χ0v) is 15.1. The Balaban J connectivity index is 1.38. The quantitative estimate of drug-likeness (QED) is 0.715. The van der Waals surface area contributed by atoms with Crippen molar-refractivity contribution >= 4 is 5.91 Å². The Morgan fingerprint density at radius 1 is 1.26 bits per heavy atom. The Morgan fingerprint density at radius 2 is 2.07 bits per heavy atom. The maximum atomic E-state index is 12.3. The van der Waals surface area contributed by atoms with Gasteiger partial charge in [-0.2, -0.15) is 0 Å². The second-order valence-electron chi connectivity index (χ2n) is 7.64. The van der Waals surface area contributed by atoms with Gasteiger partial charge in [0.25, 0.3) is 0 Å². The molecule has 2 fully saturated rings. The standard InChI is InChI=1S/C19H25N5O3/c25-17-14(8-15(18(17)26)21-19(27)12-4-1-2-5-12)10-24-11-16(22-23-24)13-6-3-7-20-9-13/h3,6-7,9,11-12,14-15,17-18,25-26H,1-2,4-5,8,10H2,(H,21,27). The summed E-state index contributed by atoms with van der Waals surface area (Å²) >= 11 is 0. The smallest absolute Gasteiger partial charge is 0.223 e. The first kappa shape index (κ1) is 18.1. The molecule has 3 N–H and O–H groups in total. The Hall–Kier alpha value is -2.32. The van der Waals surface area contributed by atoms with Gasteiger partial charge in [-0.05, 0) is 31.4 Å². The number of carbonyl (C=O) groups is 1. The third kappa shape index (κ3) is 3.86. The molecule has 0 aliphatic heterocycles. The first-order valence-electron chi connectivity index (χ1n) is 9.59. The molecule has 8 heteroatoms. The molecule has 1 amide bonds. The van der Waals surface area contributed by atoms with Crippen LogP contribution in [-0.4, -0.2) is 54.3 Å². The second kappa shape index (κ2) is 7.74. The van der Waals surface area contributed by atoms with Crippen LogP contribution in [0.2, 0.25) is 0 Å². The first-order chi connectivity index (χ1) is 13.1. The molecule has 2 aromatic rings. The van der Waals surface area contributed by atoms with Crippen molar-refractivity contribution in [1.82, 2.24) is 25.3 Å². The van der Waals surface area contributed by atoms with E-state index in [1.807, 2.05) is 12.1 Å². The molecule has 2 aliphatic rings. The molecule has 4 unspecified atom stereocenters. The van der Waals surface area contributed by atoms with E-state index in [0.29, 0.717) is 18.7 Å². The number of pyridine rings is 1. The average molecular weight is 371 g/mol. The van der Waals surface area contributed by atoms with Crippen LogP contribution < -0.4 is 5.32 Å². The second-order valence-corrected chi connectivity index (χ2v) is 7.64. The molecule has 0 aromatic carbocycles. The van der Waals surface area contributed by atoms with E-state index < -0.39 is 18.2 Å². The summed E-state index contributed by atoms with van der Waals surface area (Å²) in [6.07, 6.45) is 7.88. The third-order valence-electron chi connectivity index (χ3n) is 5.77. The lowest BCUT2D eigenvalue weighted by Crippen LogP contribution is -2.45. The van der Waals surface area contributed by atoms with Crippen LogP contribution in [0.3, 0.4) is 0 Å². The van der Waals surface area contributed by atoms with Gasteiger partial charge in [0, 0.05) is 36.3 Å². The highest BCUT2D eigenvalue weighted by molar-refractivity contribution is 5.79. The van der Waals surface area contributed by atoms with Crippen LogP contribution in [0, 0.1) is 11.8 Å². The van der Waals surface area contributed by atoms with Gasteiger partial charge in [-0.15, -0.1) is 5.10 Å². The number of aliphatic hydroxyl groups is 2. The Labute approximate surface area is 157 Å². The van der Waals surface area contributed by atoms with Crippen LogP contribution in [0.1, 0.15) is 32.1 Å². The molecule has 0 saturated heterocycles. The maximum Gasteiger partial charge on any atom is 0.223 e. The van der Waals surface area contributed by atoms with Crippen molar-refractivity contribution in [3.8, 4) is 11.3 Å². The summed E-state index contributed by atoms with van der Waals surface area (Å²) in [6.45, 7) is 0.432. The minimum absolute atomic E-state index is 0.00372. The lowest BCUT2D eigenvalue weighted by molar-refractivity contribution is -0.126. The van der Waals surface area contributed by atoms with Crippen molar-refractivity contribution in [1.29, 1.82) is 0 Å². The van der Waals surface area contributed by atoms with Gasteiger partial charge >= 0.3 is 0 Å². The van der Waals surface area contributed by atoms with E-state index in [0.717, 1.165) is 31.2 Å². The van der Waals surface area contributed by atoms with Gasteiger partial charge in [0.05, 0.1) is 18.3 Å². The predicted molar refractivity (Wildman–Crippen MR) is 97.3 cm³/mol. The molecule has 0 spiro atoms. The largest absolute Gasteiger partial charge is 0.390 e. The van der Waals surface area contributed by atoms with Crippen LogP contribution in [0.15, 0.2) is 30.7 Å². The third-order valence-corrected chi connectivity index (χ3v) is 5.77. The number of rotatable bonds is 5. The molecule has 4 rings (SSSR count). The van der Waals surface area contributed by atoms with Gasteiger partial charge in [0.2, 0.25) is 5.91 Å². The molecule has 2 saturated carbocycles. The molecular formula is C19H25N5O3. The minimum atomic E-state index is -0.957. The van der Waals surface area contributed by atoms with E-state index in [2.05, 4.69) is 20.6 Å². The molecule has 4 atom stereocenters. The van der Waals surface area contributed by atoms with Gasteiger partial charge in [0.15, 0.2) is 0 Å². The number of hydrogen-bond acceptors (Lipinski definition) is 6. The van der Waals surface area contributed by atoms with Gasteiger partial charge in [0.1, 0.15) is 11.8 Å². The van der Waals surface area contributed by atoms with Crippen LogP contribution in [0.5, 0.6) is 0 Å². The highest BCUT2D eigenvalue weighted by Crippen LogP contribution is 2.30. The molecule has 0 radical (unpaired) electrons.